The summed E-state index contributed by atoms with van der Waals surface area (Å²) in [4.78, 5) is 15.4. The van der Waals surface area contributed by atoms with Crippen LogP contribution in [0.4, 0.5) is 0 Å². The lowest BCUT2D eigenvalue weighted by atomic mass is 10.1. The van der Waals surface area contributed by atoms with Crippen LogP contribution in [0.15, 0.2) is 6.33 Å². The first-order chi connectivity index (χ1) is 9.45. The second-order valence-electron chi connectivity index (χ2n) is 3.98. The highest BCUT2D eigenvalue weighted by molar-refractivity contribution is 7.80. The van der Waals surface area contributed by atoms with Gasteiger partial charge in [0.2, 0.25) is 0 Å². The van der Waals surface area contributed by atoms with Crippen molar-refractivity contribution >= 4 is 23.2 Å². The van der Waals surface area contributed by atoms with Crippen molar-refractivity contribution in [2.24, 2.45) is 5.73 Å². The molecule has 0 aromatic carbocycles. The third-order valence-corrected chi connectivity index (χ3v) is 2.96. The molecule has 0 unspecified atom stereocenters. The van der Waals surface area contributed by atoms with Crippen LogP contribution >= 0.6 is 12.2 Å². The summed E-state index contributed by atoms with van der Waals surface area (Å²) in [5.74, 6) is -0.401. The predicted octanol–water partition coefficient (Wildman–Crippen LogP) is 0.0949. The number of methoxy groups -OCH3 is 1. The highest BCUT2D eigenvalue weighted by Crippen LogP contribution is 2.17. The first-order valence-electron chi connectivity index (χ1n) is 5.59. The van der Waals surface area contributed by atoms with Crippen molar-refractivity contribution in [1.82, 2.24) is 25.0 Å². The molecule has 0 saturated heterocycles. The third kappa shape index (κ3) is 2.35. The molecule has 0 atom stereocenters. The molecule has 9 heteroatoms. The van der Waals surface area contributed by atoms with Gasteiger partial charge in [-0.25, -0.2) is 9.78 Å². The lowest BCUT2D eigenvalue weighted by Gasteiger charge is -2.10. The smallest absolute Gasteiger partial charge is 0.377 e. The molecule has 0 aliphatic carbocycles. The monoisotopic (exact) mass is 292 g/mol. The summed E-state index contributed by atoms with van der Waals surface area (Å²) in [5, 5.41) is 12.0. The Bertz CT molecular complexity index is 696. The molecule has 2 heterocycles. The zero-order chi connectivity index (χ0) is 14.9. The quantitative estimate of drug-likeness (QED) is 0.626. The fraction of sp³-hybridized carbons (Fsp3) is 0.273. The number of carbonyl (C=O) groups excluding carboxylic acids is 1. The number of aryl methyl sites for hydroxylation is 1. The van der Waals surface area contributed by atoms with E-state index in [0.29, 0.717) is 17.1 Å². The fourth-order valence-corrected chi connectivity index (χ4v) is 1.85. The van der Waals surface area contributed by atoms with Crippen molar-refractivity contribution in [2.45, 2.75) is 13.8 Å². The normalized spacial score (nSPS) is 10.3. The molecular weight excluding hydrogens is 280 g/mol. The Balaban J connectivity index is 2.58. The molecule has 0 saturated carbocycles. The summed E-state index contributed by atoms with van der Waals surface area (Å²) in [7, 11) is 1.25. The van der Waals surface area contributed by atoms with Crippen LogP contribution in [0.1, 0.15) is 27.4 Å². The van der Waals surface area contributed by atoms with E-state index in [1.807, 2.05) is 6.92 Å². The van der Waals surface area contributed by atoms with Crippen molar-refractivity contribution in [1.29, 1.82) is 0 Å². The zero-order valence-corrected chi connectivity index (χ0v) is 11.9. The van der Waals surface area contributed by atoms with Gasteiger partial charge in [0.05, 0.1) is 18.4 Å². The van der Waals surface area contributed by atoms with Crippen LogP contribution < -0.4 is 5.73 Å². The Morgan fingerprint density at radius 2 is 2.10 bits per heavy atom. The highest BCUT2D eigenvalue weighted by Gasteiger charge is 2.18. The van der Waals surface area contributed by atoms with Gasteiger partial charge in [0.1, 0.15) is 11.3 Å². The maximum Gasteiger partial charge on any atom is 0.377 e. The number of carbonyl (C=O) groups is 1. The van der Waals surface area contributed by atoms with Gasteiger partial charge in [-0.15, -0.1) is 10.2 Å². The van der Waals surface area contributed by atoms with Gasteiger partial charge < -0.3 is 10.5 Å². The number of hydrogen-bond acceptors (Lipinski definition) is 7. The van der Waals surface area contributed by atoms with Gasteiger partial charge >= 0.3 is 5.97 Å². The number of nitrogens with zero attached hydrogens (tertiary/aromatic N) is 5. The first kappa shape index (κ1) is 14.0. The predicted molar refractivity (Wildman–Crippen MR) is 73.6 cm³/mol. The van der Waals surface area contributed by atoms with Crippen LogP contribution in [0.25, 0.3) is 5.82 Å². The Hall–Kier alpha value is -2.42. The molecule has 0 fully saturated rings. The van der Waals surface area contributed by atoms with Crippen LogP contribution in [-0.2, 0) is 4.74 Å². The average Bonchev–Trinajstić information content (AvgIpc) is 2.89. The molecule has 2 rings (SSSR count). The Labute approximate surface area is 120 Å². The van der Waals surface area contributed by atoms with E-state index in [2.05, 4.69) is 25.0 Å². The van der Waals surface area contributed by atoms with Gasteiger partial charge in [0.25, 0.3) is 5.82 Å². The molecule has 0 spiro atoms. The van der Waals surface area contributed by atoms with Crippen molar-refractivity contribution in [3.05, 3.63) is 29.0 Å². The largest absolute Gasteiger partial charge is 0.463 e. The summed E-state index contributed by atoms with van der Waals surface area (Å²) in [6, 6.07) is 0. The molecule has 0 aliphatic rings. The third-order valence-electron chi connectivity index (χ3n) is 2.76. The molecule has 2 N–H and O–H groups in total. The molecule has 2 aromatic heterocycles. The van der Waals surface area contributed by atoms with E-state index < -0.39 is 5.97 Å². The maximum atomic E-state index is 11.4. The van der Waals surface area contributed by atoms with Crippen molar-refractivity contribution in [3.8, 4) is 5.82 Å². The minimum absolute atomic E-state index is 0.0820. The van der Waals surface area contributed by atoms with Crippen molar-refractivity contribution in [3.63, 3.8) is 0 Å². The zero-order valence-electron chi connectivity index (χ0n) is 11.1. The summed E-state index contributed by atoms with van der Waals surface area (Å²) < 4.78 is 5.83. The molecule has 8 nitrogen and oxygen atoms in total. The number of aromatic nitrogens is 5. The van der Waals surface area contributed by atoms with Gasteiger partial charge in [-0.3, -0.25) is 0 Å². The molecular formula is C11H12N6O2S. The number of esters is 1. The summed E-state index contributed by atoms with van der Waals surface area (Å²) in [6.45, 7) is 3.63. The number of nitrogens with two attached hydrogens (primary N) is 1. The number of hydrogen-bond donors (Lipinski definition) is 1. The molecule has 20 heavy (non-hydrogen) atoms. The Kier molecular flexibility index (Phi) is 3.70. The molecule has 0 radical (unpaired) electrons. The Morgan fingerprint density at radius 1 is 1.40 bits per heavy atom. The molecule has 0 bridgehead atoms. The number of rotatable bonds is 3. The van der Waals surface area contributed by atoms with Crippen LogP contribution in [-0.4, -0.2) is 43.0 Å². The van der Waals surface area contributed by atoms with Gasteiger partial charge in [0, 0.05) is 0 Å². The number of ether oxygens (including phenoxy) is 1. The van der Waals surface area contributed by atoms with E-state index in [9.17, 15) is 4.79 Å². The van der Waals surface area contributed by atoms with E-state index in [1.54, 1.807) is 6.92 Å². The lowest BCUT2D eigenvalue weighted by Crippen LogP contribution is -2.19. The summed E-state index contributed by atoms with van der Waals surface area (Å²) in [5.41, 5.74) is 7.79. The van der Waals surface area contributed by atoms with Gasteiger partial charge in [-0.05, 0) is 19.4 Å². The highest BCUT2D eigenvalue weighted by atomic mass is 32.1. The van der Waals surface area contributed by atoms with Crippen molar-refractivity contribution in [2.75, 3.05) is 7.11 Å². The minimum Gasteiger partial charge on any atom is -0.463 e. The van der Waals surface area contributed by atoms with E-state index in [4.69, 9.17) is 18.0 Å². The van der Waals surface area contributed by atoms with Crippen LogP contribution in [0.5, 0.6) is 0 Å². The Morgan fingerprint density at radius 3 is 2.70 bits per heavy atom. The second kappa shape index (κ2) is 5.29. The van der Waals surface area contributed by atoms with Crippen LogP contribution in [0, 0.1) is 13.8 Å². The fourth-order valence-electron chi connectivity index (χ4n) is 1.60. The summed E-state index contributed by atoms with van der Waals surface area (Å²) in [6.07, 6.45) is 1.33. The van der Waals surface area contributed by atoms with Crippen LogP contribution in [0.2, 0.25) is 0 Å². The van der Waals surface area contributed by atoms with Gasteiger partial charge in [-0.1, -0.05) is 12.2 Å². The van der Waals surface area contributed by atoms with E-state index in [-0.39, 0.29) is 10.8 Å². The molecule has 2 aromatic rings. The van der Waals surface area contributed by atoms with E-state index >= 15 is 0 Å². The van der Waals surface area contributed by atoms with E-state index in [0.717, 1.165) is 5.56 Å². The number of thiocarbonyl (C=S) groups is 1. The first-order valence-corrected chi connectivity index (χ1v) is 6.00. The SMILES string of the molecule is COC(=O)c1ncn(-c2nnc(C)c(C)c2C(N)=S)n1. The molecule has 0 aliphatic heterocycles. The maximum absolute atomic E-state index is 11.4. The topological polar surface area (TPSA) is 109 Å². The van der Waals surface area contributed by atoms with E-state index in [1.165, 1.54) is 18.1 Å². The minimum atomic E-state index is -0.641. The second-order valence-corrected chi connectivity index (χ2v) is 4.42. The van der Waals surface area contributed by atoms with Gasteiger partial charge in [0.15, 0.2) is 5.82 Å². The standard InChI is InChI=1S/C11H12N6O2S/c1-5-6(2)14-15-10(7(5)8(12)20)17-4-13-9(16-17)11(18)19-3/h4H,1-3H3,(H2,12,20). The van der Waals surface area contributed by atoms with Crippen LogP contribution in [0.3, 0.4) is 0 Å². The average molecular weight is 292 g/mol. The molecule has 0 amide bonds. The van der Waals surface area contributed by atoms with Gasteiger partial charge in [-0.2, -0.15) is 9.78 Å². The molecule has 104 valence electrons. The lowest BCUT2D eigenvalue weighted by molar-refractivity contribution is 0.0587. The summed E-state index contributed by atoms with van der Waals surface area (Å²) >= 11 is 5.03. The van der Waals surface area contributed by atoms with Crippen molar-refractivity contribution < 1.29 is 9.53 Å².